The van der Waals surface area contributed by atoms with Gasteiger partial charge in [-0.15, -0.1) is 15.2 Å². The Morgan fingerprint density at radius 1 is 0.769 bits per heavy atom. The Morgan fingerprint density at radius 2 is 1.08 bits per heavy atom. The minimum Gasteiger partial charge on any atom is -0.272 e. The van der Waals surface area contributed by atoms with Gasteiger partial charge in [0.05, 0.1) is 0 Å². The van der Waals surface area contributed by atoms with Gasteiger partial charge in [-0.1, -0.05) is 65.0 Å². The second-order valence-electron chi connectivity index (χ2n) is 5.62. The van der Waals surface area contributed by atoms with Gasteiger partial charge in [0, 0.05) is 0 Å². The van der Waals surface area contributed by atoms with Gasteiger partial charge in [-0.2, -0.15) is 0 Å². The maximum Gasteiger partial charge on any atom is -0.0612 e. The smallest absolute Gasteiger partial charge is 0.0612 e. The molecule has 0 aliphatic heterocycles. The lowest BCUT2D eigenvalue weighted by atomic mass is 10.6. The van der Waals surface area contributed by atoms with Gasteiger partial charge in [-0.3, -0.25) is 8.55 Å². The van der Waals surface area contributed by atoms with Crippen molar-refractivity contribution in [3.8, 4) is 0 Å². The lowest BCUT2D eigenvalue weighted by Gasteiger charge is -2.43. The first-order valence-corrected chi connectivity index (χ1v) is 15.7. The van der Waals surface area contributed by atoms with Gasteiger partial charge in [0.15, 0.2) is 0 Å². The van der Waals surface area contributed by atoms with Crippen LogP contribution >= 0.6 is 0 Å². The maximum atomic E-state index is 2.62. The molecule has 0 nitrogen and oxygen atoms in total. The van der Waals surface area contributed by atoms with Crippen molar-refractivity contribution >= 4 is 23.7 Å². The minimum atomic E-state index is -0.731. The second kappa shape index (κ2) is 5.51. The van der Waals surface area contributed by atoms with E-state index in [1.54, 1.807) is 12.1 Å². The van der Waals surface area contributed by atoms with Crippen molar-refractivity contribution < 1.29 is 0 Å². The van der Waals surface area contributed by atoms with Crippen molar-refractivity contribution in [3.05, 3.63) is 0 Å². The summed E-state index contributed by atoms with van der Waals surface area (Å²) in [5.74, 6) is 0. The van der Waals surface area contributed by atoms with Crippen molar-refractivity contribution in [1.29, 1.82) is 0 Å². The molecule has 0 atom stereocenters. The largest absolute Gasteiger partial charge is 0.272 e. The maximum absolute atomic E-state index is 2.62. The van der Waals surface area contributed by atoms with Gasteiger partial charge >= 0.3 is 0 Å². The van der Waals surface area contributed by atoms with E-state index in [-0.39, 0.29) is 0 Å². The molecule has 3 heteroatoms. The highest BCUT2D eigenvalue weighted by Crippen LogP contribution is 2.19. The summed E-state index contributed by atoms with van der Waals surface area (Å²) in [5, 5.41) is 0. The summed E-state index contributed by atoms with van der Waals surface area (Å²) in [4.78, 5) is 0. The van der Waals surface area contributed by atoms with Gasteiger partial charge in [-0.05, 0) is 0 Å². The van der Waals surface area contributed by atoms with Crippen LogP contribution in [0.25, 0.3) is 0 Å². The van der Waals surface area contributed by atoms with E-state index in [0.29, 0.717) is 0 Å². The van der Waals surface area contributed by atoms with E-state index in [9.17, 15) is 0 Å². The van der Waals surface area contributed by atoms with E-state index in [4.69, 9.17) is 0 Å². The third-order valence-corrected chi connectivity index (χ3v) is 28.2. The van der Waals surface area contributed by atoms with Crippen molar-refractivity contribution in [3.63, 3.8) is 0 Å². The van der Waals surface area contributed by atoms with E-state index in [0.717, 1.165) is 8.55 Å². The lowest BCUT2D eigenvalue weighted by molar-refractivity contribution is 1.05. The summed E-state index contributed by atoms with van der Waals surface area (Å²) in [6.07, 6.45) is 2.84. The third-order valence-electron chi connectivity index (χ3n) is 2.57. The Bertz CT molecular complexity index is 125. The van der Waals surface area contributed by atoms with Crippen LogP contribution in [0.15, 0.2) is 0 Å². The van der Waals surface area contributed by atoms with E-state index in [1.165, 1.54) is 12.8 Å². The first-order chi connectivity index (χ1) is 5.83. The molecule has 0 fully saturated rings. The van der Waals surface area contributed by atoms with Crippen LogP contribution in [0.1, 0.15) is 26.7 Å². The molecule has 0 spiro atoms. The normalized spacial score (nSPS) is 13.4. The molecule has 80 valence electrons. The first kappa shape index (κ1) is 13.7. The first-order valence-electron chi connectivity index (χ1n) is 5.70. The molecule has 0 saturated carbocycles. The molecular weight excluding hydrogens is 204 g/mol. The van der Waals surface area contributed by atoms with Gasteiger partial charge in [0.25, 0.3) is 0 Å². The molecule has 0 aliphatic carbocycles. The Morgan fingerprint density at radius 3 is 1.31 bits per heavy atom. The average Bonchev–Trinajstić information content (AvgIpc) is 1.82. The second-order valence-corrected chi connectivity index (χ2v) is 27.7. The molecule has 0 unspecified atom stereocenters. The molecule has 0 aromatic carbocycles. The quantitative estimate of drug-likeness (QED) is 0.612. The van der Waals surface area contributed by atoms with E-state index < -0.39 is 15.2 Å². The molecule has 0 aromatic heterocycles. The summed E-state index contributed by atoms with van der Waals surface area (Å²) >= 11 is 0. The van der Waals surface area contributed by atoms with Crippen LogP contribution in [0.4, 0.5) is 0 Å². The zero-order chi connectivity index (χ0) is 10.5. The fourth-order valence-corrected chi connectivity index (χ4v) is 38.1. The summed E-state index contributed by atoms with van der Waals surface area (Å²) in [7, 11) is -0.612. The number of hydrogen-bond donors (Lipinski definition) is 0. The average molecular weight is 232 g/mol. The van der Waals surface area contributed by atoms with Crippen LogP contribution in [0, 0.1) is 0 Å². The van der Waals surface area contributed by atoms with Crippen LogP contribution in [-0.2, 0) is 0 Å². The summed E-state index contributed by atoms with van der Waals surface area (Å²) in [6, 6.07) is 3.14. The van der Waals surface area contributed by atoms with E-state index in [1.807, 2.05) is 0 Å². The molecule has 13 heavy (non-hydrogen) atoms. The van der Waals surface area contributed by atoms with Gasteiger partial charge < -0.3 is 0 Å². The van der Waals surface area contributed by atoms with Gasteiger partial charge in [0.1, 0.15) is 0 Å². The zero-order valence-electron chi connectivity index (χ0n) is 10.4. The topological polar surface area (TPSA) is 0 Å². The zero-order valence-corrected chi connectivity index (χ0v) is 13.6. The standard InChI is InChI=1S/C10H27Si3/c1-7-9-12(3,4)11-13(5,6)10-8-2/h11H,7-10H2,1-6H3/q-1. The van der Waals surface area contributed by atoms with Crippen LogP contribution in [0.3, 0.4) is 0 Å². The molecule has 0 bridgehead atoms. The Labute approximate surface area is 88.9 Å². The lowest BCUT2D eigenvalue weighted by Crippen LogP contribution is -2.50. The Hall–Kier alpha value is 0.651. The van der Waals surface area contributed by atoms with Crippen LogP contribution < -0.4 is 0 Å². The Balaban J connectivity index is 4.07. The fourth-order valence-electron chi connectivity index (χ4n) is 2.49. The molecule has 0 radical (unpaired) electrons. The van der Waals surface area contributed by atoms with Crippen molar-refractivity contribution in [2.75, 3.05) is 0 Å². The predicted molar refractivity (Wildman–Crippen MR) is 72.3 cm³/mol. The van der Waals surface area contributed by atoms with Gasteiger partial charge in [-0.25, -0.2) is 0 Å². The highest BCUT2D eigenvalue weighted by Gasteiger charge is 2.18. The molecule has 0 saturated heterocycles. The highest BCUT2D eigenvalue weighted by atomic mass is 29.6. The minimum absolute atomic E-state index is 0.731. The third kappa shape index (κ3) is 6.69. The predicted octanol–water partition coefficient (Wildman–Crippen LogP) is 3.65. The van der Waals surface area contributed by atoms with E-state index in [2.05, 4.69) is 40.0 Å². The summed E-state index contributed by atoms with van der Waals surface area (Å²) in [5.41, 5.74) is 0. The number of rotatable bonds is 6. The fraction of sp³-hybridized carbons (Fsp3) is 1.00. The van der Waals surface area contributed by atoms with Crippen molar-refractivity contribution in [2.24, 2.45) is 0 Å². The SMILES string of the molecule is CCC[Si](C)(C)[SiH-][Si](C)(C)CCC. The van der Waals surface area contributed by atoms with Crippen molar-refractivity contribution in [1.82, 2.24) is 0 Å². The number of hydrogen-bond acceptors (Lipinski definition) is 0. The molecule has 0 aliphatic rings. The molecule has 0 N–H and O–H groups in total. The molecular formula is C10H27Si3-. The molecule has 0 rings (SSSR count). The van der Waals surface area contributed by atoms with E-state index >= 15 is 0 Å². The molecule has 0 heterocycles. The monoisotopic (exact) mass is 231 g/mol. The van der Waals surface area contributed by atoms with Crippen LogP contribution in [0.5, 0.6) is 0 Å². The molecule has 0 aromatic rings. The summed E-state index contributed by atoms with van der Waals surface area (Å²) in [6.45, 7) is 15.2. The van der Waals surface area contributed by atoms with Gasteiger partial charge in [0.2, 0.25) is 0 Å². The summed E-state index contributed by atoms with van der Waals surface area (Å²) < 4.78 is 0. The Kier molecular flexibility index (Phi) is 5.79. The highest BCUT2D eigenvalue weighted by molar-refractivity contribution is 7.52. The van der Waals surface area contributed by atoms with Crippen LogP contribution in [0.2, 0.25) is 38.3 Å². The molecule has 0 amide bonds. The van der Waals surface area contributed by atoms with Crippen LogP contribution in [-0.4, -0.2) is 23.7 Å². The van der Waals surface area contributed by atoms with Crippen molar-refractivity contribution in [2.45, 2.75) is 65.0 Å².